The number of aldehydes is 1. The van der Waals surface area contributed by atoms with Crippen LogP contribution >= 0.6 is 34.8 Å². The van der Waals surface area contributed by atoms with Crippen molar-refractivity contribution in [2.75, 3.05) is 0 Å². The van der Waals surface area contributed by atoms with E-state index in [2.05, 4.69) is 0 Å². The molecular weight excluding hydrogens is 472 g/mol. The van der Waals surface area contributed by atoms with Gasteiger partial charge in [-0.1, -0.05) is 46.9 Å². The minimum absolute atomic E-state index is 0.0893. The van der Waals surface area contributed by atoms with Crippen LogP contribution in [0, 0.1) is 0 Å². The van der Waals surface area contributed by atoms with Crippen LogP contribution in [0.5, 0.6) is 0 Å². The molecule has 156 valence electrons. The van der Waals surface area contributed by atoms with Gasteiger partial charge in [0.2, 0.25) is 0 Å². The molecule has 0 N–H and O–H groups in total. The Morgan fingerprint density at radius 3 is 1.93 bits per heavy atom. The maximum atomic E-state index is 14.5. The van der Waals surface area contributed by atoms with Crippen LogP contribution in [0.2, 0.25) is 15.1 Å². The highest BCUT2D eigenvalue weighted by molar-refractivity contribution is 6.48. The molecule has 0 aliphatic rings. The molecule has 0 radical (unpaired) electrons. The molecule has 1 nitrogen and oxygen atoms in total. The number of halogens is 10. The van der Waals surface area contributed by atoms with Crippen LogP contribution < -0.4 is 0 Å². The Morgan fingerprint density at radius 1 is 0.931 bits per heavy atom. The van der Waals surface area contributed by atoms with Gasteiger partial charge in [-0.3, -0.25) is 4.79 Å². The summed E-state index contributed by atoms with van der Waals surface area (Å²) in [6.45, 7) is 0. The first-order valence-corrected chi connectivity index (χ1v) is 8.64. The van der Waals surface area contributed by atoms with E-state index < -0.39 is 46.4 Å². The van der Waals surface area contributed by atoms with Gasteiger partial charge in [-0.05, 0) is 29.8 Å². The Labute approximate surface area is 174 Å². The first-order chi connectivity index (χ1) is 13.3. The molecule has 0 bridgehead atoms. The smallest absolute Gasteiger partial charge is 0.298 e. The zero-order valence-corrected chi connectivity index (χ0v) is 16.1. The Balaban J connectivity index is 2.60. The second kappa shape index (κ2) is 8.53. The summed E-state index contributed by atoms with van der Waals surface area (Å²) in [5.74, 6) is -4.16. The van der Waals surface area contributed by atoms with Crippen molar-refractivity contribution < 1.29 is 35.5 Å². The molecule has 2 rings (SSSR count). The molecule has 2 aromatic carbocycles. The Morgan fingerprint density at radius 2 is 1.48 bits per heavy atom. The summed E-state index contributed by atoms with van der Waals surface area (Å²) < 4.78 is 93.9. The van der Waals surface area contributed by atoms with E-state index in [0.29, 0.717) is 6.07 Å². The van der Waals surface area contributed by atoms with Crippen molar-refractivity contribution in [2.24, 2.45) is 0 Å². The third-order valence-electron chi connectivity index (χ3n) is 3.79. The van der Waals surface area contributed by atoms with Crippen LogP contribution in [0.15, 0.2) is 36.4 Å². The van der Waals surface area contributed by atoms with E-state index in [1.807, 2.05) is 0 Å². The molecule has 0 saturated carbocycles. The summed E-state index contributed by atoms with van der Waals surface area (Å²) in [4.78, 5) is 10.7. The van der Waals surface area contributed by atoms with E-state index >= 15 is 0 Å². The lowest BCUT2D eigenvalue weighted by atomic mass is 9.95. The van der Waals surface area contributed by atoms with Crippen LogP contribution in [0.1, 0.15) is 33.0 Å². The molecule has 29 heavy (non-hydrogen) atoms. The van der Waals surface area contributed by atoms with Gasteiger partial charge < -0.3 is 0 Å². The minimum atomic E-state index is -5.02. The average molecular weight is 480 g/mol. The zero-order valence-electron chi connectivity index (χ0n) is 13.8. The molecule has 1 unspecified atom stereocenters. The Hall–Kier alpha value is -1.77. The van der Waals surface area contributed by atoms with Gasteiger partial charge in [0.15, 0.2) is 6.29 Å². The van der Waals surface area contributed by atoms with Gasteiger partial charge in [0.05, 0.1) is 20.6 Å². The van der Waals surface area contributed by atoms with Crippen LogP contribution in [-0.4, -0.2) is 12.5 Å². The topological polar surface area (TPSA) is 17.1 Å². The van der Waals surface area contributed by atoms with Crippen LogP contribution in [0.3, 0.4) is 0 Å². The number of carbonyl (C=O) groups excluding carboxylic acids is 1. The summed E-state index contributed by atoms with van der Waals surface area (Å²) in [5.41, 5.74) is -3.61. The molecule has 0 spiro atoms. The summed E-state index contributed by atoms with van der Waals surface area (Å²) >= 11 is 17.1. The van der Waals surface area contributed by atoms with Crippen LogP contribution in [0.25, 0.3) is 5.83 Å². The quantitative estimate of drug-likeness (QED) is 0.246. The number of hydrogen-bond donors (Lipinski definition) is 0. The average Bonchev–Trinajstić information content (AvgIpc) is 2.61. The van der Waals surface area contributed by atoms with Gasteiger partial charge in [0.25, 0.3) is 0 Å². The highest BCUT2D eigenvalue weighted by atomic mass is 35.5. The third kappa shape index (κ3) is 5.43. The Bertz CT molecular complexity index is 942. The number of benzene rings is 2. The van der Waals surface area contributed by atoms with E-state index in [0.717, 1.165) is 18.2 Å². The molecule has 0 aliphatic heterocycles. The lowest BCUT2D eigenvalue weighted by Gasteiger charge is -2.19. The Kier molecular flexibility index (Phi) is 6.92. The van der Waals surface area contributed by atoms with Gasteiger partial charge in [-0.25, -0.2) is 4.39 Å². The van der Waals surface area contributed by atoms with E-state index in [9.17, 15) is 35.5 Å². The second-order valence-corrected chi connectivity index (χ2v) is 6.94. The summed E-state index contributed by atoms with van der Waals surface area (Å²) in [5, 5.41) is -0.833. The fourth-order valence-electron chi connectivity index (χ4n) is 2.43. The minimum Gasteiger partial charge on any atom is -0.298 e. The van der Waals surface area contributed by atoms with Crippen LogP contribution in [-0.2, 0) is 6.18 Å². The van der Waals surface area contributed by atoms with E-state index in [-0.39, 0.29) is 33.5 Å². The molecule has 11 heteroatoms. The molecule has 1 atom stereocenters. The fraction of sp³-hybridized carbons (Fsp3) is 0.167. The van der Waals surface area contributed by atoms with Crippen molar-refractivity contribution in [1.29, 1.82) is 0 Å². The monoisotopic (exact) mass is 478 g/mol. The fourth-order valence-corrected chi connectivity index (χ4v) is 3.04. The normalized spacial score (nSPS) is 14.1. The van der Waals surface area contributed by atoms with E-state index in [4.69, 9.17) is 34.8 Å². The number of hydrogen-bond acceptors (Lipinski definition) is 1. The van der Waals surface area contributed by atoms with E-state index in [1.165, 1.54) is 0 Å². The van der Waals surface area contributed by atoms with Gasteiger partial charge in [0.1, 0.15) is 11.7 Å². The van der Waals surface area contributed by atoms with Crippen molar-refractivity contribution in [2.45, 2.75) is 18.3 Å². The molecule has 0 saturated heterocycles. The van der Waals surface area contributed by atoms with Gasteiger partial charge >= 0.3 is 12.4 Å². The molecule has 2 aromatic rings. The molecule has 0 fully saturated rings. The first kappa shape index (κ1) is 23.5. The zero-order chi connectivity index (χ0) is 22.1. The third-order valence-corrected chi connectivity index (χ3v) is 4.99. The van der Waals surface area contributed by atoms with Crippen molar-refractivity contribution in [3.8, 4) is 0 Å². The maximum Gasteiger partial charge on any atom is 0.417 e. The molecule has 0 aliphatic carbocycles. The van der Waals surface area contributed by atoms with Crippen molar-refractivity contribution in [3.63, 3.8) is 0 Å². The number of rotatable bonds is 4. The number of carbonyl (C=O) groups is 1. The van der Waals surface area contributed by atoms with Gasteiger partial charge in [-0.2, -0.15) is 26.3 Å². The number of alkyl halides is 6. The maximum absolute atomic E-state index is 14.5. The highest BCUT2D eigenvalue weighted by Crippen LogP contribution is 2.42. The molecule has 0 amide bonds. The van der Waals surface area contributed by atoms with Gasteiger partial charge in [0, 0.05) is 11.1 Å². The number of allylic oxidation sites excluding steroid dienone is 1. The summed E-state index contributed by atoms with van der Waals surface area (Å²) in [6, 6.07) is 3.34. The van der Waals surface area contributed by atoms with Crippen molar-refractivity contribution in [3.05, 3.63) is 73.7 Å². The predicted molar refractivity (Wildman–Crippen MR) is 96.2 cm³/mol. The van der Waals surface area contributed by atoms with Crippen LogP contribution in [0.4, 0.5) is 30.7 Å². The lowest BCUT2D eigenvalue weighted by Crippen LogP contribution is -2.19. The van der Waals surface area contributed by atoms with Crippen molar-refractivity contribution >= 4 is 46.9 Å². The second-order valence-electron chi connectivity index (χ2n) is 5.75. The summed E-state index contributed by atoms with van der Waals surface area (Å²) in [7, 11) is 0. The SMILES string of the molecule is O=Cc1ccc(/C(F)=C/C(c2cc(Cl)c(Cl)c(Cl)c2)C(F)(F)F)cc1C(F)(F)F. The van der Waals surface area contributed by atoms with Gasteiger partial charge in [-0.15, -0.1) is 0 Å². The summed E-state index contributed by atoms with van der Waals surface area (Å²) in [6.07, 6.45) is -10.0. The van der Waals surface area contributed by atoms with E-state index in [1.54, 1.807) is 0 Å². The standard InChI is InChI=1S/C18H8Cl3F7O/c19-13-4-10(5-14(20)16(13)21)12(18(26,27)28)6-15(22)8-1-2-9(7-29)11(3-8)17(23,24)25/h1-7,12H/b15-6-. The first-order valence-electron chi connectivity index (χ1n) is 7.51. The predicted octanol–water partition coefficient (Wildman–Crippen LogP) is 8.13. The molecule has 0 heterocycles. The molecular formula is C18H8Cl3F7O. The molecule has 0 aromatic heterocycles. The largest absolute Gasteiger partial charge is 0.417 e. The lowest BCUT2D eigenvalue weighted by molar-refractivity contribution is -0.140. The van der Waals surface area contributed by atoms with Crippen molar-refractivity contribution in [1.82, 2.24) is 0 Å². The highest BCUT2D eigenvalue weighted by Gasteiger charge is 2.40.